The number of piperazine rings is 1. The Morgan fingerprint density at radius 2 is 1.56 bits per heavy atom. The fourth-order valence-corrected chi connectivity index (χ4v) is 3.27. The Balaban J connectivity index is 1.47. The van der Waals surface area contributed by atoms with Crippen molar-refractivity contribution in [3.8, 4) is 0 Å². The molecule has 4 nitrogen and oxygen atoms in total. The average molecular weight is 369 g/mol. The number of nitrogens with zero attached hydrogens (tertiary/aromatic N) is 2. The van der Waals surface area contributed by atoms with Gasteiger partial charge in [0, 0.05) is 37.6 Å². The van der Waals surface area contributed by atoms with Crippen LogP contribution in [0.5, 0.6) is 0 Å². The van der Waals surface area contributed by atoms with Gasteiger partial charge in [-0.1, -0.05) is 32.9 Å². The van der Waals surface area contributed by atoms with Crippen LogP contribution < -0.4 is 10.2 Å². The zero-order valence-corrected chi connectivity index (χ0v) is 16.3. The molecule has 1 heterocycles. The van der Waals surface area contributed by atoms with Crippen LogP contribution in [0.2, 0.25) is 0 Å². The summed E-state index contributed by atoms with van der Waals surface area (Å²) in [6.07, 6.45) is 0. The highest BCUT2D eigenvalue weighted by molar-refractivity contribution is 5.92. The van der Waals surface area contributed by atoms with Crippen molar-refractivity contribution in [1.29, 1.82) is 0 Å². The van der Waals surface area contributed by atoms with Crippen LogP contribution >= 0.6 is 0 Å². The lowest BCUT2D eigenvalue weighted by atomic mass is 9.87. The maximum Gasteiger partial charge on any atom is 0.238 e. The summed E-state index contributed by atoms with van der Waals surface area (Å²) in [6.45, 7) is 10.2. The lowest BCUT2D eigenvalue weighted by molar-refractivity contribution is -0.117. The van der Waals surface area contributed by atoms with E-state index in [1.54, 1.807) is 12.1 Å². The molecule has 0 saturated carbocycles. The van der Waals surface area contributed by atoms with Gasteiger partial charge in [0.25, 0.3) is 0 Å². The number of amides is 1. The molecule has 1 aliphatic heterocycles. The number of nitrogens with one attached hydrogen (secondary N) is 1. The van der Waals surface area contributed by atoms with Gasteiger partial charge < -0.3 is 10.2 Å². The van der Waals surface area contributed by atoms with Gasteiger partial charge in [0.1, 0.15) is 5.82 Å². The minimum Gasteiger partial charge on any atom is -0.369 e. The zero-order valence-electron chi connectivity index (χ0n) is 16.3. The van der Waals surface area contributed by atoms with Crippen molar-refractivity contribution in [1.82, 2.24) is 4.90 Å². The highest BCUT2D eigenvalue weighted by Gasteiger charge is 2.19. The Kier molecular flexibility index (Phi) is 5.80. The molecule has 1 N–H and O–H groups in total. The second-order valence-corrected chi connectivity index (χ2v) is 8.12. The van der Waals surface area contributed by atoms with E-state index >= 15 is 0 Å². The second-order valence-electron chi connectivity index (χ2n) is 8.12. The van der Waals surface area contributed by atoms with Crippen LogP contribution in [0.25, 0.3) is 0 Å². The van der Waals surface area contributed by atoms with Gasteiger partial charge in [0.2, 0.25) is 5.91 Å². The largest absolute Gasteiger partial charge is 0.369 e. The number of carbonyl (C=O) groups is 1. The molecule has 0 aliphatic carbocycles. The molecule has 0 radical (unpaired) electrons. The van der Waals surface area contributed by atoms with E-state index in [0.29, 0.717) is 6.54 Å². The minimum absolute atomic E-state index is 0.00809. The molecule has 0 bridgehead atoms. The summed E-state index contributed by atoms with van der Waals surface area (Å²) in [5.41, 5.74) is 3.21. The Hall–Kier alpha value is -2.40. The number of carbonyl (C=O) groups excluding carboxylic acids is 1. The molecule has 1 saturated heterocycles. The van der Waals surface area contributed by atoms with Gasteiger partial charge in [-0.2, -0.15) is 0 Å². The molecule has 0 spiro atoms. The molecule has 27 heavy (non-hydrogen) atoms. The molecule has 0 unspecified atom stereocenters. The van der Waals surface area contributed by atoms with Crippen molar-refractivity contribution in [2.24, 2.45) is 0 Å². The van der Waals surface area contributed by atoms with Crippen LogP contribution in [-0.4, -0.2) is 43.5 Å². The summed E-state index contributed by atoms with van der Waals surface area (Å²) in [7, 11) is 0. The van der Waals surface area contributed by atoms with Crippen molar-refractivity contribution in [3.63, 3.8) is 0 Å². The van der Waals surface area contributed by atoms with E-state index in [1.807, 2.05) is 12.1 Å². The molecule has 2 aromatic rings. The van der Waals surface area contributed by atoms with E-state index in [1.165, 1.54) is 17.7 Å². The topological polar surface area (TPSA) is 35.6 Å². The van der Waals surface area contributed by atoms with Gasteiger partial charge in [-0.25, -0.2) is 4.39 Å². The van der Waals surface area contributed by atoms with Gasteiger partial charge in [-0.05, 0) is 47.4 Å². The monoisotopic (exact) mass is 369 g/mol. The first-order chi connectivity index (χ1) is 12.8. The molecule has 0 aromatic heterocycles. The third kappa shape index (κ3) is 5.30. The Labute approximate surface area is 161 Å². The highest BCUT2D eigenvalue weighted by atomic mass is 19.1. The Bertz CT molecular complexity index is 758. The maximum atomic E-state index is 13.0. The van der Waals surface area contributed by atoms with Gasteiger partial charge in [-0.3, -0.25) is 9.69 Å². The highest BCUT2D eigenvalue weighted by Crippen LogP contribution is 2.23. The van der Waals surface area contributed by atoms with Crippen molar-refractivity contribution < 1.29 is 9.18 Å². The van der Waals surface area contributed by atoms with E-state index in [2.05, 4.69) is 48.0 Å². The number of rotatable bonds is 4. The van der Waals surface area contributed by atoms with Crippen LogP contribution in [0.15, 0.2) is 48.5 Å². The van der Waals surface area contributed by atoms with E-state index in [4.69, 9.17) is 0 Å². The lowest BCUT2D eigenvalue weighted by Crippen LogP contribution is -2.48. The Morgan fingerprint density at radius 1 is 0.963 bits per heavy atom. The summed E-state index contributed by atoms with van der Waals surface area (Å²) >= 11 is 0. The zero-order chi connectivity index (χ0) is 19.4. The van der Waals surface area contributed by atoms with Gasteiger partial charge >= 0.3 is 0 Å². The molecule has 1 aliphatic rings. The van der Waals surface area contributed by atoms with Crippen LogP contribution in [-0.2, 0) is 10.2 Å². The molecule has 1 fully saturated rings. The average Bonchev–Trinajstić information content (AvgIpc) is 2.63. The predicted octanol–water partition coefficient (Wildman–Crippen LogP) is 3.88. The molecular weight excluding hydrogens is 341 g/mol. The number of anilines is 2. The molecule has 144 valence electrons. The third-order valence-electron chi connectivity index (χ3n) is 4.97. The van der Waals surface area contributed by atoms with Gasteiger partial charge in [-0.15, -0.1) is 0 Å². The number of halogens is 1. The normalized spacial score (nSPS) is 15.6. The van der Waals surface area contributed by atoms with Gasteiger partial charge in [0.15, 0.2) is 0 Å². The Morgan fingerprint density at radius 3 is 2.11 bits per heavy atom. The summed E-state index contributed by atoms with van der Waals surface area (Å²) < 4.78 is 13.0. The number of hydrogen-bond acceptors (Lipinski definition) is 3. The van der Waals surface area contributed by atoms with Crippen molar-refractivity contribution in [2.45, 2.75) is 26.2 Å². The first-order valence-corrected chi connectivity index (χ1v) is 9.44. The predicted molar refractivity (Wildman–Crippen MR) is 109 cm³/mol. The molecule has 2 aromatic carbocycles. The van der Waals surface area contributed by atoms with Crippen LogP contribution in [0.1, 0.15) is 26.3 Å². The number of hydrogen-bond donors (Lipinski definition) is 1. The first kappa shape index (κ1) is 19.4. The summed E-state index contributed by atoms with van der Waals surface area (Å²) in [5.74, 6) is -0.210. The second kappa shape index (κ2) is 8.09. The van der Waals surface area contributed by atoms with Crippen molar-refractivity contribution in [2.75, 3.05) is 42.9 Å². The SMILES string of the molecule is CC(C)(C)c1ccc(NC(=O)CN2CCN(c3ccc(F)cc3)CC2)cc1. The number of benzene rings is 2. The van der Waals surface area contributed by atoms with E-state index in [-0.39, 0.29) is 17.1 Å². The molecular formula is C22H28FN3O. The first-order valence-electron chi connectivity index (χ1n) is 9.44. The summed E-state index contributed by atoms with van der Waals surface area (Å²) in [5, 5.41) is 2.98. The van der Waals surface area contributed by atoms with E-state index in [0.717, 1.165) is 37.6 Å². The molecule has 3 rings (SSSR count). The van der Waals surface area contributed by atoms with E-state index < -0.39 is 0 Å². The fraction of sp³-hybridized carbons (Fsp3) is 0.409. The summed E-state index contributed by atoms with van der Waals surface area (Å²) in [6, 6.07) is 14.6. The maximum absolute atomic E-state index is 13.0. The standard InChI is InChI=1S/C22H28FN3O/c1-22(2,3)17-4-8-19(9-5-17)24-21(27)16-25-12-14-26(15-13-25)20-10-6-18(23)7-11-20/h4-11H,12-16H2,1-3H3,(H,24,27). The fourth-order valence-electron chi connectivity index (χ4n) is 3.27. The van der Waals surface area contributed by atoms with Crippen LogP contribution in [0, 0.1) is 5.82 Å². The lowest BCUT2D eigenvalue weighted by Gasteiger charge is -2.35. The molecule has 1 amide bonds. The molecule has 5 heteroatoms. The third-order valence-corrected chi connectivity index (χ3v) is 4.97. The summed E-state index contributed by atoms with van der Waals surface area (Å²) in [4.78, 5) is 16.7. The van der Waals surface area contributed by atoms with Gasteiger partial charge in [0.05, 0.1) is 6.54 Å². The smallest absolute Gasteiger partial charge is 0.238 e. The van der Waals surface area contributed by atoms with Crippen molar-refractivity contribution in [3.05, 3.63) is 59.9 Å². The van der Waals surface area contributed by atoms with Crippen LogP contribution in [0.4, 0.5) is 15.8 Å². The van der Waals surface area contributed by atoms with Crippen LogP contribution in [0.3, 0.4) is 0 Å². The quantitative estimate of drug-likeness (QED) is 0.888. The van der Waals surface area contributed by atoms with E-state index in [9.17, 15) is 9.18 Å². The molecule has 0 atom stereocenters. The van der Waals surface area contributed by atoms with Crippen molar-refractivity contribution >= 4 is 17.3 Å². The minimum atomic E-state index is -0.218.